The second-order valence-electron chi connectivity index (χ2n) is 8.23. The van der Waals surface area contributed by atoms with Gasteiger partial charge in [-0.2, -0.15) is 11.3 Å². The van der Waals surface area contributed by atoms with Crippen molar-refractivity contribution in [1.29, 1.82) is 0 Å². The summed E-state index contributed by atoms with van der Waals surface area (Å²) in [6.45, 7) is 8.80. The molecule has 6 nitrogen and oxygen atoms in total. The molecular formula is C21H24ClN3O3S. The third kappa shape index (κ3) is 4.13. The lowest BCUT2D eigenvalue weighted by Gasteiger charge is -2.39. The summed E-state index contributed by atoms with van der Waals surface area (Å²) in [5.41, 5.74) is 2.70. The summed E-state index contributed by atoms with van der Waals surface area (Å²) in [7, 11) is 0. The van der Waals surface area contributed by atoms with Crippen LogP contribution >= 0.6 is 22.9 Å². The molecule has 0 bridgehead atoms. The predicted octanol–water partition coefficient (Wildman–Crippen LogP) is 5.48. The van der Waals surface area contributed by atoms with Crippen LogP contribution in [-0.4, -0.2) is 40.7 Å². The van der Waals surface area contributed by atoms with Crippen LogP contribution in [0, 0.1) is 0 Å². The number of oxazole rings is 1. The molecular weight excluding hydrogens is 410 g/mol. The van der Waals surface area contributed by atoms with Crippen LogP contribution in [0.4, 0.5) is 4.79 Å². The molecule has 29 heavy (non-hydrogen) atoms. The van der Waals surface area contributed by atoms with E-state index < -0.39 is 5.60 Å². The second-order valence-corrected chi connectivity index (χ2v) is 9.44. The van der Waals surface area contributed by atoms with Gasteiger partial charge in [0.25, 0.3) is 0 Å². The van der Waals surface area contributed by atoms with Gasteiger partial charge in [-0.1, -0.05) is 11.6 Å². The number of thiophene rings is 1. The van der Waals surface area contributed by atoms with Crippen molar-refractivity contribution in [2.45, 2.75) is 45.4 Å². The Morgan fingerprint density at radius 3 is 2.90 bits per heavy atom. The highest BCUT2D eigenvalue weighted by Crippen LogP contribution is 2.37. The number of hydrogen-bond acceptors (Lipinski definition) is 6. The van der Waals surface area contributed by atoms with Gasteiger partial charge in [-0.3, -0.25) is 4.90 Å². The number of amides is 1. The number of fused-ring (bicyclic) bond motifs is 1. The van der Waals surface area contributed by atoms with Gasteiger partial charge in [0.2, 0.25) is 5.89 Å². The van der Waals surface area contributed by atoms with E-state index in [1.54, 1.807) is 22.3 Å². The highest BCUT2D eigenvalue weighted by atomic mass is 35.5. The molecule has 1 aliphatic heterocycles. The fraction of sp³-hybridized carbons (Fsp3) is 0.429. The zero-order valence-electron chi connectivity index (χ0n) is 16.9. The molecule has 0 radical (unpaired) electrons. The lowest BCUT2D eigenvalue weighted by Crippen LogP contribution is -2.54. The van der Waals surface area contributed by atoms with E-state index in [1.165, 1.54) is 0 Å². The Morgan fingerprint density at radius 2 is 2.21 bits per heavy atom. The molecule has 3 heterocycles. The smallest absolute Gasteiger partial charge is 0.411 e. The molecule has 1 fully saturated rings. The van der Waals surface area contributed by atoms with Crippen molar-refractivity contribution in [1.82, 2.24) is 15.2 Å². The van der Waals surface area contributed by atoms with Crippen molar-refractivity contribution in [2.75, 3.05) is 13.1 Å². The molecule has 4 rings (SSSR count). The van der Waals surface area contributed by atoms with Crippen LogP contribution < -0.4 is 5.32 Å². The third-order valence-electron chi connectivity index (χ3n) is 4.81. The van der Waals surface area contributed by atoms with Crippen molar-refractivity contribution in [3.05, 3.63) is 39.9 Å². The van der Waals surface area contributed by atoms with Crippen LogP contribution in [0.1, 0.15) is 39.6 Å². The number of rotatable bonds is 2. The molecule has 2 atom stereocenters. The summed E-state index contributed by atoms with van der Waals surface area (Å²) in [6.07, 6.45) is -0.366. The normalized spacial score (nSPS) is 20.2. The van der Waals surface area contributed by atoms with Crippen molar-refractivity contribution in [3.8, 4) is 11.1 Å². The number of nitrogens with zero attached hydrogens (tertiary/aromatic N) is 2. The maximum Gasteiger partial charge on any atom is 0.411 e. The molecule has 1 amide bonds. The van der Waals surface area contributed by atoms with Crippen molar-refractivity contribution in [3.63, 3.8) is 0 Å². The van der Waals surface area contributed by atoms with E-state index in [0.29, 0.717) is 35.1 Å². The van der Waals surface area contributed by atoms with Gasteiger partial charge in [0, 0.05) is 29.7 Å². The van der Waals surface area contributed by atoms with Gasteiger partial charge in [0.15, 0.2) is 5.58 Å². The molecule has 154 valence electrons. The van der Waals surface area contributed by atoms with E-state index >= 15 is 0 Å². The molecule has 1 aliphatic rings. The van der Waals surface area contributed by atoms with Crippen molar-refractivity contribution < 1.29 is 13.9 Å². The molecule has 2 aromatic heterocycles. The van der Waals surface area contributed by atoms with Crippen LogP contribution in [-0.2, 0) is 4.74 Å². The van der Waals surface area contributed by atoms with E-state index in [9.17, 15) is 4.79 Å². The first-order valence-electron chi connectivity index (χ1n) is 9.58. The van der Waals surface area contributed by atoms with E-state index in [0.717, 1.165) is 11.1 Å². The van der Waals surface area contributed by atoms with Gasteiger partial charge in [-0.15, -0.1) is 0 Å². The van der Waals surface area contributed by atoms with Gasteiger partial charge in [-0.05, 0) is 62.2 Å². The molecule has 1 N–H and O–H groups in total. The molecule has 1 aromatic carbocycles. The van der Waals surface area contributed by atoms with Gasteiger partial charge < -0.3 is 14.5 Å². The summed E-state index contributed by atoms with van der Waals surface area (Å²) in [5, 5.41) is 8.05. The lowest BCUT2D eigenvalue weighted by atomic mass is 10.1. The minimum Gasteiger partial charge on any atom is -0.444 e. The first kappa shape index (κ1) is 20.2. The molecule has 0 saturated carbocycles. The summed E-state index contributed by atoms with van der Waals surface area (Å²) in [5.74, 6) is 0.476. The summed E-state index contributed by atoms with van der Waals surface area (Å²) in [6, 6.07) is 5.29. The number of carbonyl (C=O) groups excluding carboxylic acids is 1. The standard InChI is InChI=1S/C21H24ClN3O3S/c1-12-17(25(7-6-23-12)20(26)28-21(2,3)4)19-24-16-10-14(22)9-15(18(16)27-19)13-5-8-29-11-13/h5,8-12,17,23H,6-7H2,1-4H3. The van der Waals surface area contributed by atoms with Gasteiger partial charge >= 0.3 is 6.09 Å². The largest absolute Gasteiger partial charge is 0.444 e. The molecule has 3 aromatic rings. The van der Waals surface area contributed by atoms with E-state index in [-0.39, 0.29) is 18.2 Å². The van der Waals surface area contributed by atoms with Crippen molar-refractivity contribution in [2.24, 2.45) is 0 Å². The minimum atomic E-state index is -0.573. The van der Waals surface area contributed by atoms with Crippen LogP contribution in [0.2, 0.25) is 5.02 Å². The number of aromatic nitrogens is 1. The van der Waals surface area contributed by atoms with Crippen LogP contribution in [0.5, 0.6) is 0 Å². The van der Waals surface area contributed by atoms with Crippen LogP contribution in [0.15, 0.2) is 33.4 Å². The fourth-order valence-electron chi connectivity index (χ4n) is 3.58. The van der Waals surface area contributed by atoms with Gasteiger partial charge in [-0.25, -0.2) is 9.78 Å². The average molecular weight is 434 g/mol. The van der Waals surface area contributed by atoms with Crippen LogP contribution in [0.25, 0.3) is 22.2 Å². The van der Waals surface area contributed by atoms with Gasteiger partial charge in [0.1, 0.15) is 17.2 Å². The highest BCUT2D eigenvalue weighted by Gasteiger charge is 2.38. The molecule has 8 heteroatoms. The number of benzene rings is 1. The van der Waals surface area contributed by atoms with Crippen LogP contribution in [0.3, 0.4) is 0 Å². The summed E-state index contributed by atoms with van der Waals surface area (Å²) >= 11 is 7.95. The lowest BCUT2D eigenvalue weighted by molar-refractivity contribution is 0.00267. The number of nitrogens with one attached hydrogen (secondary N) is 1. The Hall–Kier alpha value is -2.09. The first-order valence-corrected chi connectivity index (χ1v) is 10.9. The maximum atomic E-state index is 12.9. The Bertz CT molecular complexity index is 1030. The van der Waals surface area contributed by atoms with Crippen molar-refractivity contribution >= 4 is 40.1 Å². The highest BCUT2D eigenvalue weighted by molar-refractivity contribution is 7.08. The zero-order chi connectivity index (χ0) is 20.8. The first-order chi connectivity index (χ1) is 13.7. The number of ether oxygens (including phenoxy) is 1. The number of carbonyl (C=O) groups is 1. The van der Waals surface area contributed by atoms with E-state index in [4.69, 9.17) is 25.7 Å². The van der Waals surface area contributed by atoms with Gasteiger partial charge in [0.05, 0.1) is 0 Å². The monoisotopic (exact) mass is 433 g/mol. The summed E-state index contributed by atoms with van der Waals surface area (Å²) < 4.78 is 11.9. The second kappa shape index (κ2) is 7.63. The minimum absolute atomic E-state index is 0.0376. The number of piperazine rings is 1. The molecule has 0 aliphatic carbocycles. The zero-order valence-corrected chi connectivity index (χ0v) is 18.4. The molecule has 1 saturated heterocycles. The predicted molar refractivity (Wildman–Crippen MR) is 115 cm³/mol. The number of halogens is 1. The maximum absolute atomic E-state index is 12.9. The van der Waals surface area contributed by atoms with E-state index in [2.05, 4.69) is 5.32 Å². The molecule has 2 unspecified atom stereocenters. The van der Waals surface area contributed by atoms with E-state index in [1.807, 2.05) is 50.6 Å². The number of hydrogen-bond donors (Lipinski definition) is 1. The Morgan fingerprint density at radius 1 is 1.41 bits per heavy atom. The Labute approximate surface area is 178 Å². The average Bonchev–Trinajstić information content (AvgIpc) is 3.28. The molecule has 0 spiro atoms. The Kier molecular flexibility index (Phi) is 5.31. The Balaban J connectivity index is 1.77. The summed E-state index contributed by atoms with van der Waals surface area (Å²) in [4.78, 5) is 19.3. The fourth-order valence-corrected chi connectivity index (χ4v) is 4.45. The SMILES string of the molecule is CC1NCCN(C(=O)OC(C)(C)C)C1c1nc2cc(Cl)cc(-c3ccsc3)c2o1. The topological polar surface area (TPSA) is 67.6 Å². The third-order valence-corrected chi connectivity index (χ3v) is 5.71. The quantitative estimate of drug-likeness (QED) is 0.579.